The third-order valence-electron chi connectivity index (χ3n) is 3.85. The van der Waals surface area contributed by atoms with Crippen LogP contribution in [0.2, 0.25) is 0 Å². The Hall–Kier alpha value is -1.94. The first-order valence-corrected chi connectivity index (χ1v) is 8.13. The normalized spacial score (nSPS) is 23.3. The zero-order valence-electron chi connectivity index (χ0n) is 11.5. The Balaban J connectivity index is 1.63. The molecular weight excluding hydrogens is 280 g/mol. The molecule has 0 aromatic heterocycles. The molecule has 2 aliphatic rings. The number of fused-ring (bicyclic) bond motifs is 3. The fourth-order valence-electron chi connectivity index (χ4n) is 2.78. The smallest absolute Gasteiger partial charge is 0.161 e. The van der Waals surface area contributed by atoms with Crippen molar-refractivity contribution in [2.24, 2.45) is 10.9 Å². The van der Waals surface area contributed by atoms with Crippen LogP contribution in [0, 0.1) is 5.92 Å². The summed E-state index contributed by atoms with van der Waals surface area (Å²) < 4.78 is 5.84. The van der Waals surface area contributed by atoms with E-state index in [1.807, 2.05) is 30.3 Å². The summed E-state index contributed by atoms with van der Waals surface area (Å²) in [6.45, 7) is 0.761. The second kappa shape index (κ2) is 5.45. The van der Waals surface area contributed by atoms with E-state index in [4.69, 9.17) is 9.73 Å². The van der Waals surface area contributed by atoms with Gasteiger partial charge in [-0.3, -0.25) is 4.99 Å². The number of aliphatic imine (C=N–C) groups is 1. The largest absolute Gasteiger partial charge is 0.493 e. The van der Waals surface area contributed by atoms with Crippen molar-refractivity contribution in [3.8, 4) is 5.75 Å². The van der Waals surface area contributed by atoms with Crippen LogP contribution in [0.15, 0.2) is 59.6 Å². The topological polar surface area (TPSA) is 33.6 Å². The number of amidine groups is 1. The Kier molecular flexibility index (Phi) is 3.31. The molecule has 4 heteroatoms. The van der Waals surface area contributed by atoms with E-state index < -0.39 is 0 Å². The highest BCUT2D eigenvalue weighted by Crippen LogP contribution is 2.42. The maximum atomic E-state index is 5.84. The first kappa shape index (κ1) is 12.8. The van der Waals surface area contributed by atoms with Crippen LogP contribution < -0.4 is 10.1 Å². The Bertz CT molecular complexity index is 672. The zero-order valence-corrected chi connectivity index (χ0v) is 12.3. The number of nitrogens with one attached hydrogen (secondary N) is 1. The number of rotatable bonds is 1. The van der Waals surface area contributed by atoms with E-state index in [0.717, 1.165) is 29.0 Å². The monoisotopic (exact) mass is 296 g/mol. The predicted octanol–water partition coefficient (Wildman–Crippen LogP) is 3.95. The fraction of sp³-hybridized carbons (Fsp3) is 0.235. The number of nitrogens with zero attached hydrogens (tertiary/aromatic N) is 1. The van der Waals surface area contributed by atoms with E-state index >= 15 is 0 Å². The Morgan fingerprint density at radius 1 is 1.05 bits per heavy atom. The third kappa shape index (κ3) is 2.51. The van der Waals surface area contributed by atoms with Crippen molar-refractivity contribution >= 4 is 22.6 Å². The highest BCUT2D eigenvalue weighted by molar-refractivity contribution is 8.14. The van der Waals surface area contributed by atoms with Gasteiger partial charge in [0, 0.05) is 22.9 Å². The minimum Gasteiger partial charge on any atom is -0.493 e. The lowest BCUT2D eigenvalue weighted by Crippen LogP contribution is -2.31. The number of hydrogen-bond donors (Lipinski definition) is 1. The van der Waals surface area contributed by atoms with Gasteiger partial charge in [0.25, 0.3) is 0 Å². The lowest BCUT2D eigenvalue weighted by atomic mass is 9.92. The molecule has 2 aromatic rings. The maximum Gasteiger partial charge on any atom is 0.161 e. The third-order valence-corrected chi connectivity index (χ3v) is 4.93. The van der Waals surface area contributed by atoms with Gasteiger partial charge in [-0.1, -0.05) is 48.2 Å². The molecule has 1 N–H and O–H groups in total. The van der Waals surface area contributed by atoms with Crippen molar-refractivity contribution in [2.75, 3.05) is 17.7 Å². The molecule has 0 aliphatic carbocycles. The lowest BCUT2D eigenvalue weighted by molar-refractivity contribution is 0.210. The second-order valence-corrected chi connectivity index (χ2v) is 6.30. The molecule has 21 heavy (non-hydrogen) atoms. The van der Waals surface area contributed by atoms with Gasteiger partial charge in [-0.25, -0.2) is 0 Å². The van der Waals surface area contributed by atoms with Crippen LogP contribution in [-0.2, 0) is 0 Å². The van der Waals surface area contributed by atoms with E-state index in [2.05, 4.69) is 29.6 Å². The summed E-state index contributed by atoms with van der Waals surface area (Å²) in [5.74, 6) is 2.48. The molecule has 0 spiro atoms. The van der Waals surface area contributed by atoms with Crippen LogP contribution in [0.4, 0.5) is 5.69 Å². The standard InChI is InChI=1S/C17H16N2OS/c1-2-6-13(7-3-1)18-17-19-16-12(11-21-17)10-20-15-9-5-4-8-14(15)16/h1-9,12,16H,10-11H2,(H,18,19)/t12-,16-/m1/s1. The number of thioether (sulfide) groups is 1. The molecule has 2 heterocycles. The minimum atomic E-state index is 0.211. The first-order chi connectivity index (χ1) is 10.4. The van der Waals surface area contributed by atoms with Gasteiger partial charge >= 0.3 is 0 Å². The summed E-state index contributed by atoms with van der Waals surface area (Å²) in [4.78, 5) is 4.93. The van der Waals surface area contributed by atoms with Crippen molar-refractivity contribution in [3.05, 3.63) is 60.2 Å². The van der Waals surface area contributed by atoms with Crippen LogP contribution in [0.3, 0.4) is 0 Å². The molecule has 106 valence electrons. The molecule has 0 amide bonds. The van der Waals surface area contributed by atoms with Crippen molar-refractivity contribution in [1.82, 2.24) is 0 Å². The molecule has 3 nitrogen and oxygen atoms in total. The summed E-state index contributed by atoms with van der Waals surface area (Å²) in [6.07, 6.45) is 0. The lowest BCUT2D eigenvalue weighted by Gasteiger charge is -2.34. The Labute approximate surface area is 128 Å². The maximum absolute atomic E-state index is 5.84. The van der Waals surface area contributed by atoms with E-state index in [9.17, 15) is 0 Å². The summed E-state index contributed by atoms with van der Waals surface area (Å²) in [6, 6.07) is 18.7. The van der Waals surface area contributed by atoms with Crippen LogP contribution in [0.25, 0.3) is 0 Å². The van der Waals surface area contributed by atoms with Gasteiger partial charge in [0.15, 0.2) is 5.17 Å². The zero-order chi connectivity index (χ0) is 14.1. The molecule has 0 unspecified atom stereocenters. The van der Waals surface area contributed by atoms with Crippen molar-refractivity contribution < 1.29 is 4.74 Å². The number of benzene rings is 2. The Morgan fingerprint density at radius 2 is 1.86 bits per heavy atom. The van der Waals surface area contributed by atoms with Crippen LogP contribution >= 0.6 is 11.8 Å². The minimum absolute atomic E-state index is 0.211. The summed E-state index contributed by atoms with van der Waals surface area (Å²) in [7, 11) is 0. The molecular formula is C17H16N2OS. The van der Waals surface area contributed by atoms with Crippen molar-refractivity contribution in [2.45, 2.75) is 6.04 Å². The summed E-state index contributed by atoms with van der Waals surface area (Å²) >= 11 is 1.78. The van der Waals surface area contributed by atoms with Gasteiger partial charge < -0.3 is 10.1 Å². The van der Waals surface area contributed by atoms with Gasteiger partial charge in [-0.2, -0.15) is 0 Å². The summed E-state index contributed by atoms with van der Waals surface area (Å²) in [5, 5.41) is 4.42. The summed E-state index contributed by atoms with van der Waals surface area (Å²) in [5.41, 5.74) is 2.30. The van der Waals surface area contributed by atoms with Crippen molar-refractivity contribution in [1.29, 1.82) is 0 Å². The van der Waals surface area contributed by atoms with E-state index in [1.54, 1.807) is 11.8 Å². The molecule has 0 bridgehead atoms. The molecule has 0 saturated carbocycles. The molecule has 0 saturated heterocycles. The Morgan fingerprint density at radius 3 is 2.76 bits per heavy atom. The molecule has 2 aromatic carbocycles. The highest BCUT2D eigenvalue weighted by atomic mass is 32.2. The highest BCUT2D eigenvalue weighted by Gasteiger charge is 2.34. The quantitative estimate of drug-likeness (QED) is 0.865. The first-order valence-electron chi connectivity index (χ1n) is 7.14. The average Bonchev–Trinajstić information content (AvgIpc) is 2.56. The number of hydrogen-bond acceptors (Lipinski definition) is 4. The fourth-order valence-corrected chi connectivity index (χ4v) is 3.80. The van der Waals surface area contributed by atoms with Crippen LogP contribution in [-0.4, -0.2) is 17.5 Å². The number of ether oxygens (including phenoxy) is 1. The SMILES string of the molecule is c1ccc(NC2=N[C@H]3c4ccccc4OC[C@@H]3CS2)cc1. The molecule has 4 rings (SSSR count). The van der Waals surface area contributed by atoms with Gasteiger partial charge in [0.05, 0.1) is 12.6 Å². The molecule has 0 fully saturated rings. The van der Waals surface area contributed by atoms with E-state index in [0.29, 0.717) is 5.92 Å². The number of anilines is 1. The molecule has 2 aliphatic heterocycles. The number of para-hydroxylation sites is 2. The van der Waals surface area contributed by atoms with Gasteiger partial charge in [0.2, 0.25) is 0 Å². The van der Waals surface area contributed by atoms with E-state index in [1.165, 1.54) is 5.56 Å². The second-order valence-electron chi connectivity index (χ2n) is 5.29. The van der Waals surface area contributed by atoms with Gasteiger partial charge in [0.1, 0.15) is 5.75 Å². The van der Waals surface area contributed by atoms with E-state index in [-0.39, 0.29) is 6.04 Å². The average molecular weight is 296 g/mol. The van der Waals surface area contributed by atoms with Gasteiger partial charge in [-0.05, 0) is 18.2 Å². The molecule has 2 atom stereocenters. The van der Waals surface area contributed by atoms with Crippen LogP contribution in [0.1, 0.15) is 11.6 Å². The van der Waals surface area contributed by atoms with Crippen LogP contribution in [0.5, 0.6) is 5.75 Å². The van der Waals surface area contributed by atoms with Crippen molar-refractivity contribution in [3.63, 3.8) is 0 Å². The van der Waals surface area contributed by atoms with Gasteiger partial charge in [-0.15, -0.1) is 0 Å². The predicted molar refractivity (Wildman–Crippen MR) is 88.1 cm³/mol. The molecule has 0 radical (unpaired) electrons.